The molecular weight excluding hydrogens is 704 g/mol. The van der Waals surface area contributed by atoms with Crippen molar-refractivity contribution in [2.75, 3.05) is 31.2 Å². The minimum Gasteiger partial charge on any atom is -0.503 e. The normalized spacial score (nSPS) is 17.4. The third-order valence-electron chi connectivity index (χ3n) is 7.98. The summed E-state index contributed by atoms with van der Waals surface area (Å²) >= 11 is 0.972. The summed E-state index contributed by atoms with van der Waals surface area (Å²) in [5, 5.41) is 28.0. The van der Waals surface area contributed by atoms with Gasteiger partial charge in [0.15, 0.2) is 34.0 Å². The molecule has 2 aliphatic rings. The number of ketones is 1. The van der Waals surface area contributed by atoms with E-state index in [1.807, 2.05) is 0 Å². The number of anilines is 1. The monoisotopic (exact) mass is 736 g/mol. The van der Waals surface area contributed by atoms with E-state index < -0.39 is 79.9 Å². The summed E-state index contributed by atoms with van der Waals surface area (Å²) in [7, 11) is -4.83. The third kappa shape index (κ3) is 7.50. The molecule has 50 heavy (non-hydrogen) atoms. The summed E-state index contributed by atoms with van der Waals surface area (Å²) in [6.45, 7) is 2.91. The number of nitrogens with one attached hydrogen (secondary N) is 1. The van der Waals surface area contributed by atoms with Gasteiger partial charge in [-0.25, -0.2) is 23.0 Å². The molecule has 22 heteroatoms. The number of nitrogen functional groups attached to an aromatic ring is 1. The van der Waals surface area contributed by atoms with Crippen molar-refractivity contribution in [3.63, 3.8) is 0 Å². The lowest BCUT2D eigenvalue weighted by Gasteiger charge is -2.36. The summed E-state index contributed by atoms with van der Waals surface area (Å²) in [5.41, 5.74) is 1.41. The van der Waals surface area contributed by atoms with Crippen molar-refractivity contribution in [3.8, 4) is 17.3 Å². The second kappa shape index (κ2) is 14.0. The molecule has 2 fully saturated rings. The van der Waals surface area contributed by atoms with Gasteiger partial charge in [-0.1, -0.05) is 5.16 Å². The van der Waals surface area contributed by atoms with Gasteiger partial charge < -0.3 is 30.5 Å². The quantitative estimate of drug-likeness (QED) is 0.0928. The molecule has 0 spiro atoms. The molecule has 268 valence electrons. The van der Waals surface area contributed by atoms with Crippen LogP contribution in [0.2, 0.25) is 0 Å². The first-order chi connectivity index (χ1) is 23.5. The summed E-state index contributed by atoms with van der Waals surface area (Å²) in [5.74, 6) is -7.56. The number of carboxylic acid groups (broad SMARTS) is 1. The number of nitrogens with zero attached hydrogens (tertiary/aromatic N) is 6. The minimum absolute atomic E-state index is 0.0157. The molecule has 0 bridgehead atoms. The van der Waals surface area contributed by atoms with E-state index >= 15 is 0 Å². The smallest absolute Gasteiger partial charge is 0.360 e. The van der Waals surface area contributed by atoms with Crippen LogP contribution in [-0.2, 0) is 45.3 Å². The van der Waals surface area contributed by atoms with Crippen LogP contribution < -0.4 is 16.9 Å². The molecule has 5 N–H and O–H groups in total. The fourth-order valence-electron chi connectivity index (χ4n) is 5.03. The number of amides is 2. The van der Waals surface area contributed by atoms with E-state index in [2.05, 4.69) is 20.2 Å². The highest BCUT2D eigenvalue weighted by Crippen LogP contribution is 2.25. The van der Waals surface area contributed by atoms with Crippen LogP contribution in [0.25, 0.3) is 11.5 Å². The van der Waals surface area contributed by atoms with Crippen molar-refractivity contribution in [2.45, 2.75) is 45.3 Å². The van der Waals surface area contributed by atoms with E-state index in [-0.39, 0.29) is 45.4 Å². The lowest BCUT2D eigenvalue weighted by Crippen LogP contribution is -2.57. The van der Waals surface area contributed by atoms with E-state index in [1.165, 1.54) is 19.2 Å². The Balaban J connectivity index is 1.32. The van der Waals surface area contributed by atoms with Gasteiger partial charge in [-0.15, -0.1) is 20.5 Å². The number of Topliss-reactive ketones (excluding diaryl/α,β-unsaturated/α-hetero) is 1. The van der Waals surface area contributed by atoms with Gasteiger partial charge in [-0.05, 0) is 32.6 Å². The first-order valence-corrected chi connectivity index (χ1v) is 17.5. The summed E-state index contributed by atoms with van der Waals surface area (Å²) < 4.78 is 33.3. The van der Waals surface area contributed by atoms with Crippen LogP contribution in [0.15, 0.2) is 32.4 Å². The Morgan fingerprint density at radius 2 is 1.92 bits per heavy atom. The Morgan fingerprint density at radius 3 is 2.52 bits per heavy atom. The molecule has 2 saturated heterocycles. The number of hydrogen-bond acceptors (Lipinski definition) is 16. The van der Waals surface area contributed by atoms with E-state index in [0.717, 1.165) is 28.2 Å². The predicted octanol–water partition coefficient (Wildman–Crippen LogP) is -1.02. The highest BCUT2D eigenvalue weighted by molar-refractivity contribution is 7.90. The predicted molar refractivity (Wildman–Crippen MR) is 173 cm³/mol. The Bertz CT molecular complexity index is 2110. The van der Waals surface area contributed by atoms with E-state index in [4.69, 9.17) is 15.3 Å². The van der Waals surface area contributed by atoms with E-state index in [9.17, 15) is 47.4 Å². The molecular formula is C28H32N8O12S2. The lowest BCUT2D eigenvalue weighted by molar-refractivity contribution is -0.161. The van der Waals surface area contributed by atoms with E-state index in [1.54, 1.807) is 0 Å². The average Bonchev–Trinajstić information content (AvgIpc) is 3.63. The number of carbonyl (C=O) groups is 4. The Labute approximate surface area is 286 Å². The Hall–Kier alpha value is -5.22. The molecule has 0 radical (unpaired) electrons. The second-order valence-corrected chi connectivity index (χ2v) is 14.7. The van der Waals surface area contributed by atoms with Crippen molar-refractivity contribution < 1.29 is 47.4 Å². The molecule has 20 nitrogen and oxygen atoms in total. The van der Waals surface area contributed by atoms with Crippen LogP contribution in [-0.4, -0.2) is 108 Å². The first-order valence-electron chi connectivity index (χ1n) is 15.0. The molecule has 0 unspecified atom stereocenters. The Kier molecular flexibility index (Phi) is 10.1. The van der Waals surface area contributed by atoms with E-state index in [0.29, 0.717) is 31.0 Å². The number of aliphatic carboxylic acids is 1. The standard InChI is InChI=1S/C28H32N8O12S2/c1-28(2,25(42)43)48-33-22(17-12-49-26(29)31-17)19(38)7-15-11-34(24(15)41)21(40)13-50(45,46)36-27(44)35(10-14-3-5-47-6-4-14)23(32-36)16-8-18(37)20(39)9-30-16/h8-9,12,14-15,39H,3-7,10-11,13H2,1-2H3,(H2,29,31)(H,30,37)(H,42,43)/b33-22-/t15-/m0/s1. The summed E-state index contributed by atoms with van der Waals surface area (Å²) in [6, 6.07) is 0.943. The van der Waals surface area contributed by atoms with Gasteiger partial charge in [-0.3, -0.25) is 28.6 Å². The lowest BCUT2D eigenvalue weighted by atomic mass is 9.91. The molecule has 0 aliphatic carbocycles. The van der Waals surface area contributed by atoms with Gasteiger partial charge in [0.05, 0.1) is 11.6 Å². The molecule has 5 rings (SSSR count). The van der Waals surface area contributed by atoms with Gasteiger partial charge in [0.2, 0.25) is 22.8 Å². The van der Waals surface area contributed by atoms with Crippen LogP contribution in [0, 0.1) is 11.8 Å². The zero-order chi connectivity index (χ0) is 36.5. The fraction of sp³-hybridized carbons (Fsp3) is 0.464. The number of nitrogens with two attached hydrogens (primary N) is 1. The highest BCUT2D eigenvalue weighted by Gasteiger charge is 2.44. The molecule has 1 atom stereocenters. The van der Waals surface area contributed by atoms with Crippen molar-refractivity contribution in [1.82, 2.24) is 28.6 Å². The number of aromatic nitrogens is 5. The van der Waals surface area contributed by atoms with Gasteiger partial charge in [0, 0.05) is 50.4 Å². The zero-order valence-corrected chi connectivity index (χ0v) is 28.2. The molecule has 3 aromatic rings. The topological polar surface area (TPSA) is 289 Å². The largest absolute Gasteiger partial charge is 0.503 e. The maximum Gasteiger partial charge on any atom is 0.360 e. The molecule has 3 aromatic heterocycles. The number of H-pyrrole nitrogens is 1. The number of ether oxygens (including phenoxy) is 1. The van der Waals surface area contributed by atoms with Crippen LogP contribution >= 0.6 is 11.3 Å². The number of carboxylic acids is 1. The number of carbonyl (C=O) groups excluding carboxylic acids is 3. The maximum atomic E-state index is 13.5. The van der Waals surface area contributed by atoms with Gasteiger partial charge in [-0.2, -0.15) is 0 Å². The number of rotatable bonds is 13. The fourth-order valence-corrected chi connectivity index (χ4v) is 6.70. The van der Waals surface area contributed by atoms with Crippen molar-refractivity contribution in [3.05, 3.63) is 44.0 Å². The van der Waals surface area contributed by atoms with Gasteiger partial charge in [0.25, 0.3) is 10.0 Å². The summed E-state index contributed by atoms with van der Waals surface area (Å²) in [4.78, 5) is 88.4. The molecule has 5 heterocycles. The van der Waals surface area contributed by atoms with Crippen LogP contribution in [0.1, 0.15) is 38.8 Å². The number of aromatic amines is 1. The van der Waals surface area contributed by atoms with Gasteiger partial charge >= 0.3 is 11.7 Å². The first kappa shape index (κ1) is 36.1. The minimum atomic E-state index is -4.83. The molecule has 2 aliphatic heterocycles. The number of oxime groups is 1. The maximum absolute atomic E-state index is 13.5. The molecule has 0 aromatic carbocycles. The van der Waals surface area contributed by atoms with Crippen LogP contribution in [0.5, 0.6) is 5.75 Å². The SMILES string of the molecule is CC(C)(O/N=C(\C(=O)C[C@H]1CN(C(=O)CS(=O)(=O)n2nc(-c3cc(=O)c(O)c[nH]3)n(CC3CCOCC3)c2=O)C1=O)c1csc(N)n1)C(=O)O. The molecule has 2 amide bonds. The number of aromatic hydroxyl groups is 1. The number of β-lactam (4-membered cyclic amide) rings is 1. The van der Waals surface area contributed by atoms with Gasteiger partial charge in [0.1, 0.15) is 5.69 Å². The average molecular weight is 737 g/mol. The van der Waals surface area contributed by atoms with Crippen molar-refractivity contribution in [2.24, 2.45) is 17.0 Å². The number of thiazole rings is 1. The van der Waals surface area contributed by atoms with Crippen LogP contribution in [0.4, 0.5) is 5.13 Å². The Morgan fingerprint density at radius 1 is 1.22 bits per heavy atom. The number of likely N-dealkylation sites (tertiary alicyclic amines) is 1. The van der Waals surface area contributed by atoms with Crippen molar-refractivity contribution in [1.29, 1.82) is 0 Å². The number of imide groups is 1. The second-order valence-electron chi connectivity index (χ2n) is 12.1. The third-order valence-corrected chi connectivity index (χ3v) is 10.0. The van der Waals surface area contributed by atoms with Crippen molar-refractivity contribution >= 4 is 55.8 Å². The number of hydrogen-bond donors (Lipinski definition) is 4. The zero-order valence-electron chi connectivity index (χ0n) is 26.6. The number of pyridine rings is 1. The van der Waals surface area contributed by atoms with Crippen LogP contribution in [0.3, 0.4) is 0 Å². The summed E-state index contributed by atoms with van der Waals surface area (Å²) in [6.07, 6.45) is 1.58. The highest BCUT2D eigenvalue weighted by atomic mass is 32.2. The molecule has 0 saturated carbocycles.